The zero-order valence-electron chi connectivity index (χ0n) is 12.1. The van der Waals surface area contributed by atoms with Crippen molar-refractivity contribution < 1.29 is 9.53 Å². The maximum Gasteiger partial charge on any atom is 0.164 e. The van der Waals surface area contributed by atoms with E-state index in [1.54, 1.807) is 7.11 Å². The molecule has 0 saturated carbocycles. The van der Waals surface area contributed by atoms with Crippen molar-refractivity contribution in [1.29, 1.82) is 0 Å². The van der Waals surface area contributed by atoms with E-state index in [0.717, 1.165) is 28.6 Å². The summed E-state index contributed by atoms with van der Waals surface area (Å²) in [6.07, 6.45) is 0.531. The SMILES string of the molecule is COc1ccc(C(=O)CCN(C)C)c2ccccc12.Cl. The number of hydrogen-bond acceptors (Lipinski definition) is 3. The number of benzene rings is 2. The van der Waals surface area contributed by atoms with Gasteiger partial charge < -0.3 is 9.64 Å². The molecule has 0 saturated heterocycles. The van der Waals surface area contributed by atoms with Crippen molar-refractivity contribution in [1.82, 2.24) is 4.90 Å². The Kier molecular flexibility index (Phi) is 5.99. The Morgan fingerprint density at radius 3 is 2.35 bits per heavy atom. The highest BCUT2D eigenvalue weighted by molar-refractivity contribution is 6.09. The molecule has 2 aromatic rings. The largest absolute Gasteiger partial charge is 0.496 e. The van der Waals surface area contributed by atoms with Crippen molar-refractivity contribution in [2.24, 2.45) is 0 Å². The number of fused-ring (bicyclic) bond motifs is 1. The molecule has 3 nitrogen and oxygen atoms in total. The van der Waals surface area contributed by atoms with E-state index in [1.807, 2.05) is 55.4 Å². The van der Waals surface area contributed by atoms with Crippen LogP contribution in [0.25, 0.3) is 10.8 Å². The lowest BCUT2D eigenvalue weighted by Gasteiger charge is -2.11. The average molecular weight is 294 g/mol. The molecule has 4 heteroatoms. The van der Waals surface area contributed by atoms with E-state index in [-0.39, 0.29) is 18.2 Å². The third kappa shape index (κ3) is 3.50. The van der Waals surface area contributed by atoms with E-state index < -0.39 is 0 Å². The Hall–Kier alpha value is -1.58. The van der Waals surface area contributed by atoms with Crippen LogP contribution in [0.2, 0.25) is 0 Å². The predicted octanol–water partition coefficient (Wildman–Crippen LogP) is 3.40. The minimum absolute atomic E-state index is 0. The van der Waals surface area contributed by atoms with Crippen molar-refractivity contribution in [3.8, 4) is 5.75 Å². The van der Waals surface area contributed by atoms with Crippen LogP contribution in [0.15, 0.2) is 36.4 Å². The maximum absolute atomic E-state index is 12.3. The van der Waals surface area contributed by atoms with Gasteiger partial charge in [-0.3, -0.25) is 4.79 Å². The second-order valence-electron chi connectivity index (χ2n) is 4.84. The monoisotopic (exact) mass is 293 g/mol. The predicted molar refractivity (Wildman–Crippen MR) is 85.2 cm³/mol. The van der Waals surface area contributed by atoms with Crippen LogP contribution in [-0.4, -0.2) is 38.4 Å². The Labute approximate surface area is 125 Å². The molecular weight excluding hydrogens is 274 g/mol. The summed E-state index contributed by atoms with van der Waals surface area (Å²) in [5.41, 5.74) is 0.776. The summed E-state index contributed by atoms with van der Waals surface area (Å²) >= 11 is 0. The minimum atomic E-state index is 0. The van der Waals surface area contributed by atoms with E-state index in [4.69, 9.17) is 4.74 Å². The fourth-order valence-corrected chi connectivity index (χ4v) is 2.15. The first-order valence-electron chi connectivity index (χ1n) is 6.37. The van der Waals surface area contributed by atoms with Gasteiger partial charge in [0, 0.05) is 23.9 Å². The van der Waals surface area contributed by atoms with Crippen molar-refractivity contribution in [2.45, 2.75) is 6.42 Å². The summed E-state index contributed by atoms with van der Waals surface area (Å²) in [7, 11) is 5.59. The lowest BCUT2D eigenvalue weighted by atomic mass is 9.99. The second-order valence-corrected chi connectivity index (χ2v) is 4.84. The number of ketones is 1. The molecule has 0 aliphatic carbocycles. The fraction of sp³-hybridized carbons (Fsp3) is 0.312. The fourth-order valence-electron chi connectivity index (χ4n) is 2.15. The van der Waals surface area contributed by atoms with Gasteiger partial charge in [0.05, 0.1) is 7.11 Å². The zero-order chi connectivity index (χ0) is 13.8. The number of methoxy groups -OCH3 is 1. The molecule has 0 atom stereocenters. The van der Waals surface area contributed by atoms with E-state index in [2.05, 4.69) is 0 Å². The van der Waals surface area contributed by atoms with Gasteiger partial charge in [0.2, 0.25) is 0 Å². The molecule has 0 heterocycles. The lowest BCUT2D eigenvalue weighted by Crippen LogP contribution is -2.16. The molecule has 2 rings (SSSR count). The van der Waals surface area contributed by atoms with Crippen LogP contribution in [0, 0.1) is 0 Å². The van der Waals surface area contributed by atoms with Crippen molar-refractivity contribution >= 4 is 29.0 Å². The van der Waals surface area contributed by atoms with Gasteiger partial charge in [-0.2, -0.15) is 0 Å². The molecule has 0 unspecified atom stereocenters. The molecule has 108 valence electrons. The van der Waals surface area contributed by atoms with Crippen LogP contribution in [0.1, 0.15) is 16.8 Å². The highest BCUT2D eigenvalue weighted by Gasteiger charge is 2.12. The topological polar surface area (TPSA) is 29.5 Å². The van der Waals surface area contributed by atoms with Crippen LogP contribution in [0.5, 0.6) is 5.75 Å². The van der Waals surface area contributed by atoms with Crippen LogP contribution in [-0.2, 0) is 0 Å². The van der Waals surface area contributed by atoms with Crippen LogP contribution in [0.3, 0.4) is 0 Å². The Morgan fingerprint density at radius 1 is 1.10 bits per heavy atom. The number of carbonyl (C=O) groups is 1. The average Bonchev–Trinajstić information content (AvgIpc) is 2.43. The molecule has 0 bridgehead atoms. The molecule has 2 aromatic carbocycles. The molecule has 0 spiro atoms. The van der Waals surface area contributed by atoms with Gasteiger partial charge in [-0.25, -0.2) is 0 Å². The van der Waals surface area contributed by atoms with Gasteiger partial charge in [0.15, 0.2) is 5.78 Å². The molecule has 0 amide bonds. The summed E-state index contributed by atoms with van der Waals surface area (Å²) in [5, 5.41) is 1.95. The Morgan fingerprint density at radius 2 is 1.75 bits per heavy atom. The van der Waals surface area contributed by atoms with Crippen LogP contribution >= 0.6 is 12.4 Å². The molecule has 0 aliphatic rings. The van der Waals surface area contributed by atoms with E-state index in [0.29, 0.717) is 6.42 Å². The highest BCUT2D eigenvalue weighted by atomic mass is 35.5. The van der Waals surface area contributed by atoms with Crippen molar-refractivity contribution in [2.75, 3.05) is 27.7 Å². The first-order valence-corrected chi connectivity index (χ1v) is 6.37. The standard InChI is InChI=1S/C16H19NO2.ClH/c1-17(2)11-10-15(18)13-8-9-16(19-3)14-7-5-4-6-12(13)14;/h4-9H,10-11H2,1-3H3;1H. The summed E-state index contributed by atoms with van der Waals surface area (Å²) in [6, 6.07) is 11.6. The molecule has 0 fully saturated rings. The first-order chi connectivity index (χ1) is 9.13. The van der Waals surface area contributed by atoms with Gasteiger partial charge in [-0.05, 0) is 31.6 Å². The van der Waals surface area contributed by atoms with Crippen LogP contribution in [0.4, 0.5) is 0 Å². The lowest BCUT2D eigenvalue weighted by molar-refractivity contribution is 0.0974. The number of halogens is 1. The first kappa shape index (κ1) is 16.5. The molecule has 0 aliphatic heterocycles. The highest BCUT2D eigenvalue weighted by Crippen LogP contribution is 2.28. The Bertz CT molecular complexity index is 596. The molecule has 0 radical (unpaired) electrons. The normalized spacial score (nSPS) is 10.4. The minimum Gasteiger partial charge on any atom is -0.496 e. The summed E-state index contributed by atoms with van der Waals surface area (Å²) in [6.45, 7) is 0.763. The van der Waals surface area contributed by atoms with E-state index >= 15 is 0 Å². The van der Waals surface area contributed by atoms with E-state index in [9.17, 15) is 4.79 Å². The molecular formula is C16H20ClNO2. The second kappa shape index (κ2) is 7.27. The third-order valence-corrected chi connectivity index (χ3v) is 3.19. The van der Waals surface area contributed by atoms with Gasteiger partial charge >= 0.3 is 0 Å². The number of ether oxygens (including phenoxy) is 1. The van der Waals surface area contributed by atoms with Gasteiger partial charge in [-0.1, -0.05) is 24.3 Å². The van der Waals surface area contributed by atoms with Crippen molar-refractivity contribution in [3.05, 3.63) is 42.0 Å². The van der Waals surface area contributed by atoms with Gasteiger partial charge in [0.25, 0.3) is 0 Å². The van der Waals surface area contributed by atoms with Crippen LogP contribution < -0.4 is 4.74 Å². The number of carbonyl (C=O) groups excluding carboxylic acids is 1. The number of nitrogens with zero attached hydrogens (tertiary/aromatic N) is 1. The van der Waals surface area contributed by atoms with E-state index in [1.165, 1.54) is 0 Å². The third-order valence-electron chi connectivity index (χ3n) is 3.19. The number of hydrogen-bond donors (Lipinski definition) is 0. The molecule has 20 heavy (non-hydrogen) atoms. The molecule has 0 N–H and O–H groups in total. The Balaban J connectivity index is 0.00000200. The maximum atomic E-state index is 12.3. The van der Waals surface area contributed by atoms with Gasteiger partial charge in [0.1, 0.15) is 5.75 Å². The quantitative estimate of drug-likeness (QED) is 0.791. The number of Topliss-reactive ketones (excluding diaryl/α,β-unsaturated/α-hetero) is 1. The summed E-state index contributed by atoms with van der Waals surface area (Å²) < 4.78 is 5.34. The summed E-state index contributed by atoms with van der Waals surface area (Å²) in [4.78, 5) is 14.3. The smallest absolute Gasteiger partial charge is 0.164 e. The number of rotatable bonds is 5. The van der Waals surface area contributed by atoms with Crippen molar-refractivity contribution in [3.63, 3.8) is 0 Å². The van der Waals surface area contributed by atoms with Gasteiger partial charge in [-0.15, -0.1) is 12.4 Å². The zero-order valence-corrected chi connectivity index (χ0v) is 12.9. The molecule has 0 aromatic heterocycles. The summed E-state index contributed by atoms with van der Waals surface area (Å²) in [5.74, 6) is 0.979.